The van der Waals surface area contributed by atoms with Crippen LogP contribution in [0.4, 0.5) is 0 Å². The number of methoxy groups -OCH3 is 1. The molecule has 2 rings (SSSR count). The van der Waals surface area contributed by atoms with Gasteiger partial charge in [-0.15, -0.1) is 0 Å². The Balaban J connectivity index is 1.80. The van der Waals surface area contributed by atoms with E-state index >= 15 is 0 Å². The van der Waals surface area contributed by atoms with Crippen molar-refractivity contribution >= 4 is 0 Å². The first kappa shape index (κ1) is 15.4. The van der Waals surface area contributed by atoms with Crippen molar-refractivity contribution in [2.45, 2.75) is 58.0 Å². The lowest BCUT2D eigenvalue weighted by atomic mass is 9.76. The van der Waals surface area contributed by atoms with Crippen LogP contribution in [-0.2, 0) is 6.42 Å². The Morgan fingerprint density at radius 2 is 2.00 bits per heavy atom. The lowest BCUT2D eigenvalue weighted by molar-refractivity contribution is 0.0618. The number of aryl methyl sites for hydroxylation is 1. The van der Waals surface area contributed by atoms with Crippen molar-refractivity contribution < 1.29 is 9.84 Å². The summed E-state index contributed by atoms with van der Waals surface area (Å²) in [5, 5.41) is 10.4. The smallest absolute Gasteiger partial charge is 0.118 e. The first-order chi connectivity index (χ1) is 9.72. The summed E-state index contributed by atoms with van der Waals surface area (Å²) < 4.78 is 5.16. The highest BCUT2D eigenvalue weighted by atomic mass is 16.5. The highest BCUT2D eigenvalue weighted by Gasteiger charge is 2.26. The van der Waals surface area contributed by atoms with Gasteiger partial charge in [-0.2, -0.15) is 0 Å². The first-order valence-electron chi connectivity index (χ1n) is 8.04. The van der Waals surface area contributed by atoms with Crippen molar-refractivity contribution in [3.05, 3.63) is 29.8 Å². The third kappa shape index (κ3) is 4.24. The highest BCUT2D eigenvalue weighted by molar-refractivity contribution is 5.27. The van der Waals surface area contributed by atoms with Gasteiger partial charge >= 0.3 is 0 Å². The third-order valence-electron chi connectivity index (χ3n) is 4.83. The molecule has 1 fully saturated rings. The van der Waals surface area contributed by atoms with E-state index in [1.54, 1.807) is 7.11 Å². The molecule has 2 nitrogen and oxygen atoms in total. The molecule has 1 saturated carbocycles. The van der Waals surface area contributed by atoms with E-state index in [0.29, 0.717) is 5.92 Å². The van der Waals surface area contributed by atoms with Crippen LogP contribution in [0, 0.1) is 11.8 Å². The van der Waals surface area contributed by atoms with Gasteiger partial charge in [0, 0.05) is 0 Å². The molecule has 0 heterocycles. The van der Waals surface area contributed by atoms with E-state index in [1.807, 2.05) is 12.1 Å². The Labute approximate surface area is 123 Å². The summed E-state index contributed by atoms with van der Waals surface area (Å²) >= 11 is 0. The van der Waals surface area contributed by atoms with Gasteiger partial charge in [0.15, 0.2) is 0 Å². The van der Waals surface area contributed by atoms with Gasteiger partial charge in [-0.1, -0.05) is 38.3 Å². The van der Waals surface area contributed by atoms with E-state index in [-0.39, 0.29) is 6.10 Å². The normalized spacial score (nSPS) is 24.4. The molecule has 1 aromatic carbocycles. The number of aliphatic hydroxyl groups is 1. The molecule has 2 heteroatoms. The minimum atomic E-state index is -0.133. The molecule has 3 unspecified atom stereocenters. The van der Waals surface area contributed by atoms with Crippen LogP contribution in [-0.4, -0.2) is 18.3 Å². The summed E-state index contributed by atoms with van der Waals surface area (Å²) in [6.45, 7) is 2.27. The van der Waals surface area contributed by atoms with Crippen molar-refractivity contribution in [1.82, 2.24) is 0 Å². The Morgan fingerprint density at radius 3 is 2.65 bits per heavy atom. The van der Waals surface area contributed by atoms with Crippen molar-refractivity contribution in [2.75, 3.05) is 7.11 Å². The zero-order chi connectivity index (χ0) is 14.4. The van der Waals surface area contributed by atoms with Crippen LogP contribution >= 0.6 is 0 Å². The van der Waals surface area contributed by atoms with Crippen LogP contribution in [0.5, 0.6) is 5.75 Å². The summed E-state index contributed by atoms with van der Waals surface area (Å²) in [5.41, 5.74) is 1.28. The Morgan fingerprint density at radius 1 is 1.25 bits per heavy atom. The maximum absolute atomic E-state index is 10.4. The molecule has 112 valence electrons. The number of rotatable bonds is 6. The van der Waals surface area contributed by atoms with Crippen LogP contribution in [0.1, 0.15) is 51.0 Å². The van der Waals surface area contributed by atoms with Gasteiger partial charge in [0.1, 0.15) is 5.75 Å². The fourth-order valence-corrected chi connectivity index (χ4v) is 3.40. The second kappa shape index (κ2) is 7.68. The maximum Gasteiger partial charge on any atom is 0.118 e. The molecule has 0 bridgehead atoms. The minimum Gasteiger partial charge on any atom is -0.497 e. The lowest BCUT2D eigenvalue weighted by Gasteiger charge is -2.31. The molecule has 0 amide bonds. The summed E-state index contributed by atoms with van der Waals surface area (Å²) in [4.78, 5) is 0. The SMILES string of the molecule is CCC1CCCC(C(O)CCc2ccc(OC)cc2)C1. The van der Waals surface area contributed by atoms with Crippen LogP contribution in [0.25, 0.3) is 0 Å². The Kier molecular flexibility index (Phi) is 5.90. The molecule has 3 atom stereocenters. The second-order valence-corrected chi connectivity index (χ2v) is 6.16. The topological polar surface area (TPSA) is 29.5 Å². The minimum absolute atomic E-state index is 0.133. The number of hydrogen-bond donors (Lipinski definition) is 1. The van der Waals surface area contributed by atoms with Gasteiger partial charge in [-0.25, -0.2) is 0 Å². The number of ether oxygens (including phenoxy) is 1. The number of aliphatic hydroxyl groups excluding tert-OH is 1. The largest absolute Gasteiger partial charge is 0.497 e. The van der Waals surface area contributed by atoms with E-state index in [2.05, 4.69) is 19.1 Å². The van der Waals surface area contributed by atoms with E-state index in [0.717, 1.165) is 24.5 Å². The number of benzene rings is 1. The van der Waals surface area contributed by atoms with E-state index in [4.69, 9.17) is 4.74 Å². The van der Waals surface area contributed by atoms with Crippen molar-refractivity contribution in [2.24, 2.45) is 11.8 Å². The van der Waals surface area contributed by atoms with Crippen LogP contribution in [0.3, 0.4) is 0 Å². The van der Waals surface area contributed by atoms with Gasteiger partial charge < -0.3 is 9.84 Å². The lowest BCUT2D eigenvalue weighted by Crippen LogP contribution is -2.27. The van der Waals surface area contributed by atoms with Gasteiger partial charge in [0.2, 0.25) is 0 Å². The Hall–Kier alpha value is -1.02. The predicted octanol–water partition coefficient (Wildman–Crippen LogP) is 4.21. The second-order valence-electron chi connectivity index (χ2n) is 6.16. The monoisotopic (exact) mass is 276 g/mol. The molecule has 0 aliphatic heterocycles. The summed E-state index contributed by atoms with van der Waals surface area (Å²) in [6.07, 6.45) is 8.06. The maximum atomic E-state index is 10.4. The highest BCUT2D eigenvalue weighted by Crippen LogP contribution is 2.34. The fraction of sp³-hybridized carbons (Fsp3) is 0.667. The molecule has 20 heavy (non-hydrogen) atoms. The molecule has 0 aromatic heterocycles. The van der Waals surface area contributed by atoms with Crippen LogP contribution in [0.15, 0.2) is 24.3 Å². The zero-order valence-electron chi connectivity index (χ0n) is 12.8. The van der Waals surface area contributed by atoms with Crippen LogP contribution < -0.4 is 4.74 Å². The average Bonchev–Trinajstić information content (AvgIpc) is 2.53. The molecule has 0 saturated heterocycles. The van der Waals surface area contributed by atoms with Crippen molar-refractivity contribution in [1.29, 1.82) is 0 Å². The Bertz CT molecular complexity index is 385. The van der Waals surface area contributed by atoms with Gasteiger partial charge in [-0.3, -0.25) is 0 Å². The van der Waals surface area contributed by atoms with E-state index in [9.17, 15) is 5.11 Å². The molecular formula is C18H28O2. The summed E-state index contributed by atoms with van der Waals surface area (Å²) in [6, 6.07) is 8.19. The third-order valence-corrected chi connectivity index (χ3v) is 4.83. The van der Waals surface area contributed by atoms with Crippen molar-refractivity contribution in [3.8, 4) is 5.75 Å². The summed E-state index contributed by atoms with van der Waals surface area (Å²) in [5.74, 6) is 2.25. The van der Waals surface area contributed by atoms with E-state index < -0.39 is 0 Å². The summed E-state index contributed by atoms with van der Waals surface area (Å²) in [7, 11) is 1.69. The molecule has 1 aliphatic rings. The zero-order valence-corrected chi connectivity index (χ0v) is 12.8. The van der Waals surface area contributed by atoms with E-state index in [1.165, 1.54) is 37.7 Å². The van der Waals surface area contributed by atoms with Gasteiger partial charge in [0.05, 0.1) is 13.2 Å². The molecule has 0 radical (unpaired) electrons. The molecule has 0 spiro atoms. The number of hydrogen-bond acceptors (Lipinski definition) is 2. The van der Waals surface area contributed by atoms with Crippen molar-refractivity contribution in [3.63, 3.8) is 0 Å². The van der Waals surface area contributed by atoms with Gasteiger partial charge in [-0.05, 0) is 55.2 Å². The van der Waals surface area contributed by atoms with Crippen LogP contribution in [0.2, 0.25) is 0 Å². The van der Waals surface area contributed by atoms with Gasteiger partial charge in [0.25, 0.3) is 0 Å². The quantitative estimate of drug-likeness (QED) is 0.843. The average molecular weight is 276 g/mol. The fourth-order valence-electron chi connectivity index (χ4n) is 3.40. The molecule has 1 N–H and O–H groups in total. The molecular weight excluding hydrogens is 248 g/mol. The first-order valence-corrected chi connectivity index (χ1v) is 8.04. The molecule has 1 aliphatic carbocycles. The predicted molar refractivity (Wildman–Crippen MR) is 83.1 cm³/mol. The molecule has 1 aromatic rings. The standard InChI is InChI=1S/C18H28O2/c1-3-14-5-4-6-16(13-14)18(19)12-9-15-7-10-17(20-2)11-8-15/h7-8,10-11,14,16,18-19H,3-6,9,12-13H2,1-2H3.